The zero-order valence-corrected chi connectivity index (χ0v) is 19.3. The SMILES string of the molecule is COC1CCN(c2ccnc3ccc(-c4c[nH]nc4-c4ccc(F)cc4)cc23)CC1.Cl.Cl. The number of aromatic amines is 1. The number of anilines is 1. The summed E-state index contributed by atoms with van der Waals surface area (Å²) in [5, 5.41) is 8.50. The van der Waals surface area contributed by atoms with Gasteiger partial charge in [-0.2, -0.15) is 5.10 Å². The second-order valence-electron chi connectivity index (χ2n) is 7.64. The third-order valence-corrected chi connectivity index (χ3v) is 5.90. The number of pyridine rings is 1. The number of hydrogen-bond acceptors (Lipinski definition) is 4. The molecule has 0 unspecified atom stereocenters. The predicted octanol–water partition coefficient (Wildman–Crippen LogP) is 5.89. The van der Waals surface area contributed by atoms with Crippen molar-refractivity contribution in [3.63, 3.8) is 0 Å². The van der Waals surface area contributed by atoms with Crippen LogP contribution in [0.4, 0.5) is 10.1 Å². The van der Waals surface area contributed by atoms with Crippen molar-refractivity contribution in [2.24, 2.45) is 0 Å². The van der Waals surface area contributed by atoms with E-state index in [1.807, 2.05) is 12.4 Å². The van der Waals surface area contributed by atoms with E-state index in [-0.39, 0.29) is 30.6 Å². The van der Waals surface area contributed by atoms with Gasteiger partial charge in [0.15, 0.2) is 0 Å². The Kier molecular flexibility index (Phi) is 7.72. The van der Waals surface area contributed by atoms with Crippen LogP contribution in [0.1, 0.15) is 12.8 Å². The fourth-order valence-corrected chi connectivity index (χ4v) is 4.25. The van der Waals surface area contributed by atoms with Gasteiger partial charge in [-0.3, -0.25) is 10.1 Å². The summed E-state index contributed by atoms with van der Waals surface area (Å²) in [5.74, 6) is -0.255. The Morgan fingerprint density at radius 1 is 1.00 bits per heavy atom. The summed E-state index contributed by atoms with van der Waals surface area (Å²) in [6.45, 7) is 1.93. The van der Waals surface area contributed by atoms with Crippen LogP contribution in [0.2, 0.25) is 0 Å². The lowest BCUT2D eigenvalue weighted by Crippen LogP contribution is -2.36. The van der Waals surface area contributed by atoms with Gasteiger partial charge in [-0.05, 0) is 60.9 Å². The van der Waals surface area contributed by atoms with Gasteiger partial charge in [0.25, 0.3) is 0 Å². The second-order valence-corrected chi connectivity index (χ2v) is 7.64. The summed E-state index contributed by atoms with van der Waals surface area (Å²) in [4.78, 5) is 6.98. The smallest absolute Gasteiger partial charge is 0.123 e. The number of ether oxygens (including phenoxy) is 1. The van der Waals surface area contributed by atoms with Gasteiger partial charge in [0.1, 0.15) is 5.82 Å². The molecule has 1 N–H and O–H groups in total. The minimum atomic E-state index is -0.255. The molecule has 3 heterocycles. The molecule has 8 heteroatoms. The number of hydrogen-bond donors (Lipinski definition) is 1. The Hall–Kier alpha value is -2.67. The van der Waals surface area contributed by atoms with Gasteiger partial charge < -0.3 is 9.64 Å². The highest BCUT2D eigenvalue weighted by Gasteiger charge is 2.21. The molecule has 1 aliphatic rings. The summed E-state index contributed by atoms with van der Waals surface area (Å²) in [7, 11) is 1.79. The highest BCUT2D eigenvalue weighted by molar-refractivity contribution is 5.96. The Bertz CT molecular complexity index is 1170. The molecule has 0 atom stereocenters. The second kappa shape index (κ2) is 10.3. The van der Waals surface area contributed by atoms with Crippen molar-refractivity contribution in [3.05, 3.63) is 66.7 Å². The zero-order valence-electron chi connectivity index (χ0n) is 17.6. The molecule has 2 aromatic carbocycles. The number of H-pyrrole nitrogens is 1. The highest BCUT2D eigenvalue weighted by Crippen LogP contribution is 2.35. The first kappa shape index (κ1) is 24.0. The molecule has 4 aromatic rings. The van der Waals surface area contributed by atoms with E-state index in [2.05, 4.69) is 44.3 Å². The highest BCUT2D eigenvalue weighted by atomic mass is 35.5. The normalized spacial score (nSPS) is 14.1. The van der Waals surface area contributed by atoms with Crippen LogP contribution in [0.3, 0.4) is 0 Å². The van der Waals surface area contributed by atoms with E-state index in [1.54, 1.807) is 19.2 Å². The van der Waals surface area contributed by atoms with Gasteiger partial charge in [0.05, 0.1) is 17.3 Å². The third kappa shape index (κ3) is 4.58. The Morgan fingerprint density at radius 3 is 2.44 bits per heavy atom. The number of nitrogens with zero attached hydrogens (tertiary/aromatic N) is 3. The predicted molar refractivity (Wildman–Crippen MR) is 131 cm³/mol. The third-order valence-electron chi connectivity index (χ3n) is 5.90. The summed E-state index contributed by atoms with van der Waals surface area (Å²) in [5.41, 5.74) is 5.88. The Morgan fingerprint density at radius 2 is 1.72 bits per heavy atom. The molecular formula is C24H25Cl2FN4O. The lowest BCUT2D eigenvalue weighted by atomic mass is 9.99. The number of halogens is 3. The average molecular weight is 475 g/mol. The van der Waals surface area contributed by atoms with Crippen molar-refractivity contribution >= 4 is 41.4 Å². The molecule has 0 saturated carbocycles. The molecule has 0 spiro atoms. The van der Waals surface area contributed by atoms with Crippen molar-refractivity contribution in [2.45, 2.75) is 18.9 Å². The molecule has 0 bridgehead atoms. The molecule has 0 radical (unpaired) electrons. The number of methoxy groups -OCH3 is 1. The van der Waals surface area contributed by atoms with Gasteiger partial charge in [-0.1, -0.05) is 6.07 Å². The molecule has 0 aliphatic carbocycles. The molecule has 32 heavy (non-hydrogen) atoms. The van der Waals surface area contributed by atoms with Crippen LogP contribution in [0.25, 0.3) is 33.3 Å². The van der Waals surface area contributed by atoms with Gasteiger partial charge in [0.2, 0.25) is 0 Å². The van der Waals surface area contributed by atoms with Crippen molar-refractivity contribution in [1.29, 1.82) is 0 Å². The molecule has 5 rings (SSSR count). The number of aromatic nitrogens is 3. The molecule has 2 aromatic heterocycles. The van der Waals surface area contributed by atoms with E-state index < -0.39 is 0 Å². The molecule has 0 amide bonds. The summed E-state index contributed by atoms with van der Waals surface area (Å²) in [6, 6.07) is 14.8. The number of piperidine rings is 1. The Balaban J connectivity index is 0.00000144. The van der Waals surface area contributed by atoms with Crippen molar-refractivity contribution in [2.75, 3.05) is 25.1 Å². The lowest BCUT2D eigenvalue weighted by molar-refractivity contribution is 0.0819. The summed E-state index contributed by atoms with van der Waals surface area (Å²) >= 11 is 0. The van der Waals surface area contributed by atoms with Crippen LogP contribution < -0.4 is 4.90 Å². The average Bonchev–Trinajstić information content (AvgIpc) is 3.29. The van der Waals surface area contributed by atoms with Crippen LogP contribution >= 0.6 is 24.8 Å². The largest absolute Gasteiger partial charge is 0.381 e. The van der Waals surface area contributed by atoms with Crippen LogP contribution in [0.5, 0.6) is 0 Å². The summed E-state index contributed by atoms with van der Waals surface area (Å²) in [6.07, 6.45) is 6.16. The lowest BCUT2D eigenvalue weighted by Gasteiger charge is -2.33. The monoisotopic (exact) mass is 474 g/mol. The van der Waals surface area contributed by atoms with Gasteiger partial charge >= 0.3 is 0 Å². The molecule has 5 nitrogen and oxygen atoms in total. The van der Waals surface area contributed by atoms with Crippen LogP contribution in [-0.4, -0.2) is 41.5 Å². The van der Waals surface area contributed by atoms with E-state index in [0.717, 1.165) is 59.2 Å². The van der Waals surface area contributed by atoms with E-state index in [9.17, 15) is 4.39 Å². The fraction of sp³-hybridized carbons (Fsp3) is 0.250. The zero-order chi connectivity index (χ0) is 20.5. The quantitative estimate of drug-likeness (QED) is 0.400. The maximum atomic E-state index is 13.3. The van der Waals surface area contributed by atoms with E-state index in [4.69, 9.17) is 4.74 Å². The maximum absolute atomic E-state index is 13.3. The molecule has 1 fully saturated rings. The van der Waals surface area contributed by atoms with E-state index in [1.165, 1.54) is 17.8 Å². The number of benzene rings is 2. The first-order valence-electron chi connectivity index (χ1n) is 10.2. The number of rotatable bonds is 4. The topological polar surface area (TPSA) is 54.0 Å². The van der Waals surface area contributed by atoms with Crippen LogP contribution in [0, 0.1) is 5.82 Å². The molecule has 1 aliphatic heterocycles. The Labute approximate surface area is 198 Å². The molecular weight excluding hydrogens is 450 g/mol. The number of fused-ring (bicyclic) bond motifs is 1. The van der Waals surface area contributed by atoms with E-state index in [0.29, 0.717) is 6.10 Å². The molecule has 1 saturated heterocycles. The number of nitrogens with one attached hydrogen (secondary N) is 1. The van der Waals surface area contributed by atoms with Gasteiger partial charge in [-0.15, -0.1) is 24.8 Å². The first-order valence-corrected chi connectivity index (χ1v) is 10.2. The van der Waals surface area contributed by atoms with Gasteiger partial charge in [-0.25, -0.2) is 4.39 Å². The van der Waals surface area contributed by atoms with Crippen molar-refractivity contribution in [1.82, 2.24) is 15.2 Å². The van der Waals surface area contributed by atoms with Crippen molar-refractivity contribution in [3.8, 4) is 22.4 Å². The van der Waals surface area contributed by atoms with Gasteiger partial charge in [0, 0.05) is 54.8 Å². The van der Waals surface area contributed by atoms with Crippen molar-refractivity contribution < 1.29 is 9.13 Å². The molecule has 168 valence electrons. The van der Waals surface area contributed by atoms with Crippen LogP contribution in [-0.2, 0) is 4.74 Å². The summed E-state index contributed by atoms with van der Waals surface area (Å²) < 4.78 is 18.9. The standard InChI is InChI=1S/C24H23FN4O.2ClH/c1-30-19-9-12-29(13-10-19)23-8-11-26-22-7-4-17(14-20(22)23)21-15-27-28-24(21)16-2-5-18(25)6-3-16;;/h2-8,11,14-15,19H,9-10,12-13H2,1H3,(H,27,28);2*1H. The minimum Gasteiger partial charge on any atom is -0.381 e. The fourth-order valence-electron chi connectivity index (χ4n) is 4.25. The minimum absolute atomic E-state index is 0. The first-order chi connectivity index (χ1) is 14.7. The van der Waals surface area contributed by atoms with E-state index >= 15 is 0 Å². The van der Waals surface area contributed by atoms with Crippen LogP contribution in [0.15, 0.2) is 60.9 Å². The maximum Gasteiger partial charge on any atom is 0.123 e.